The summed E-state index contributed by atoms with van der Waals surface area (Å²) in [5, 5.41) is 0.0815. The molecule has 0 aliphatic carbocycles. The summed E-state index contributed by atoms with van der Waals surface area (Å²) in [4.78, 5) is 24.0. The van der Waals surface area contributed by atoms with Gasteiger partial charge in [-0.05, 0) is 12.1 Å². The topological polar surface area (TPSA) is 105 Å². The molecule has 3 heterocycles. The van der Waals surface area contributed by atoms with Crippen LogP contribution in [0.15, 0.2) is 36.7 Å². The van der Waals surface area contributed by atoms with Crippen LogP contribution in [0.5, 0.6) is 0 Å². The van der Waals surface area contributed by atoms with Crippen molar-refractivity contribution in [3.05, 3.63) is 47.4 Å². The highest BCUT2D eigenvalue weighted by Crippen LogP contribution is 2.34. The maximum Gasteiger partial charge on any atom is 0.338 e. The minimum Gasteiger partial charge on any atom is -0.459 e. The molecule has 1 fully saturated rings. The number of nitrogens with zero attached hydrogens (tertiary/aromatic N) is 4. The van der Waals surface area contributed by atoms with E-state index in [0.717, 1.165) is 0 Å². The summed E-state index contributed by atoms with van der Waals surface area (Å²) in [6.07, 6.45) is -1.45. The summed E-state index contributed by atoms with van der Waals surface area (Å²) < 4.78 is 26.9. The van der Waals surface area contributed by atoms with Gasteiger partial charge >= 0.3 is 5.97 Å². The predicted molar refractivity (Wildman–Crippen MR) is 94.9 cm³/mol. The van der Waals surface area contributed by atoms with Gasteiger partial charge in [0.15, 0.2) is 17.0 Å². The average molecular weight is 392 g/mol. The zero-order valence-corrected chi connectivity index (χ0v) is 14.7. The van der Waals surface area contributed by atoms with Crippen LogP contribution >= 0.6 is 11.6 Å². The Morgan fingerprint density at radius 3 is 2.93 bits per heavy atom. The summed E-state index contributed by atoms with van der Waals surface area (Å²) in [6.45, 7) is -0.0604. The second-order valence-electron chi connectivity index (χ2n) is 6.06. The summed E-state index contributed by atoms with van der Waals surface area (Å²) in [6, 6.07) is 8.56. The van der Waals surface area contributed by atoms with E-state index in [4.69, 9.17) is 26.8 Å². The Morgan fingerprint density at radius 1 is 1.37 bits per heavy atom. The minimum absolute atomic E-state index is 0.0454. The standard InChI is InChI=1S/C17H15ClFN5O3/c18-13-12-14(23-17(20)22-13)24(8-21-12)15-11(19)6-10(27-15)7-26-16(25)9-4-2-1-3-5-9/h1-5,8,10-11,15H,6-7H2,(H2,20,22,23)/t10-,11-,15+/m0/s1. The molecule has 1 aliphatic heterocycles. The second kappa shape index (κ2) is 7.09. The summed E-state index contributed by atoms with van der Waals surface area (Å²) in [5.41, 5.74) is 6.62. The number of nitrogens with two attached hydrogens (primary N) is 1. The lowest BCUT2D eigenvalue weighted by molar-refractivity contribution is -0.0420. The summed E-state index contributed by atoms with van der Waals surface area (Å²) in [5.74, 6) is -0.533. The number of hydrogen-bond acceptors (Lipinski definition) is 7. The third kappa shape index (κ3) is 3.43. The Kier molecular flexibility index (Phi) is 4.63. The van der Waals surface area contributed by atoms with Crippen LogP contribution in [0.1, 0.15) is 23.0 Å². The number of carbonyl (C=O) groups is 1. The van der Waals surface area contributed by atoms with E-state index in [2.05, 4.69) is 15.0 Å². The first-order valence-corrected chi connectivity index (χ1v) is 8.58. The zero-order chi connectivity index (χ0) is 19.0. The van der Waals surface area contributed by atoms with Crippen LogP contribution in [-0.2, 0) is 9.47 Å². The Bertz CT molecular complexity index is 983. The number of benzene rings is 1. The van der Waals surface area contributed by atoms with Crippen LogP contribution in [0.25, 0.3) is 11.2 Å². The number of imidazole rings is 1. The third-order valence-electron chi connectivity index (χ3n) is 4.21. The molecule has 0 radical (unpaired) electrons. The van der Waals surface area contributed by atoms with Gasteiger partial charge in [-0.1, -0.05) is 29.8 Å². The predicted octanol–water partition coefficient (Wildman–Crippen LogP) is 2.54. The molecule has 140 valence electrons. The molecule has 8 nitrogen and oxygen atoms in total. The van der Waals surface area contributed by atoms with Crippen molar-refractivity contribution in [2.75, 3.05) is 12.3 Å². The van der Waals surface area contributed by atoms with Gasteiger partial charge in [-0.3, -0.25) is 4.57 Å². The summed E-state index contributed by atoms with van der Waals surface area (Å²) >= 11 is 5.99. The molecule has 0 unspecified atom stereocenters. The summed E-state index contributed by atoms with van der Waals surface area (Å²) in [7, 11) is 0. The molecule has 1 aliphatic rings. The molecular formula is C17H15ClFN5O3. The van der Waals surface area contributed by atoms with Gasteiger partial charge < -0.3 is 15.2 Å². The number of aromatic nitrogens is 4. The third-order valence-corrected chi connectivity index (χ3v) is 4.47. The molecule has 0 spiro atoms. The maximum atomic E-state index is 14.6. The van der Waals surface area contributed by atoms with Crippen molar-refractivity contribution < 1.29 is 18.7 Å². The number of ether oxygens (including phenoxy) is 2. The Balaban J connectivity index is 1.47. The lowest BCUT2D eigenvalue weighted by atomic mass is 10.2. The van der Waals surface area contributed by atoms with Crippen LogP contribution in [0.2, 0.25) is 5.15 Å². The molecule has 3 atom stereocenters. The number of hydrogen-bond donors (Lipinski definition) is 1. The van der Waals surface area contributed by atoms with Gasteiger partial charge in [0.2, 0.25) is 5.95 Å². The van der Waals surface area contributed by atoms with E-state index in [-0.39, 0.29) is 29.8 Å². The number of carbonyl (C=O) groups excluding carboxylic acids is 1. The molecule has 0 saturated carbocycles. The van der Waals surface area contributed by atoms with Crippen molar-refractivity contribution in [2.24, 2.45) is 0 Å². The first kappa shape index (κ1) is 17.6. The molecule has 1 aromatic carbocycles. The Hall–Kier alpha value is -2.78. The second-order valence-corrected chi connectivity index (χ2v) is 6.42. The Morgan fingerprint density at radius 2 is 2.15 bits per heavy atom. The van der Waals surface area contributed by atoms with E-state index < -0.39 is 24.5 Å². The molecule has 0 amide bonds. The number of rotatable bonds is 4. The largest absolute Gasteiger partial charge is 0.459 e. The normalized spacial score (nSPS) is 22.2. The van der Waals surface area contributed by atoms with Gasteiger partial charge in [0.1, 0.15) is 18.3 Å². The smallest absolute Gasteiger partial charge is 0.338 e. The fraction of sp³-hybridized carbons (Fsp3) is 0.294. The van der Waals surface area contributed by atoms with Gasteiger partial charge in [0.05, 0.1) is 18.0 Å². The van der Waals surface area contributed by atoms with E-state index in [1.54, 1.807) is 30.3 Å². The number of fused-ring (bicyclic) bond motifs is 1. The van der Waals surface area contributed by atoms with Crippen molar-refractivity contribution >= 4 is 34.7 Å². The van der Waals surface area contributed by atoms with E-state index in [1.807, 2.05) is 0 Å². The molecule has 10 heteroatoms. The lowest BCUT2D eigenvalue weighted by Gasteiger charge is -2.16. The van der Waals surface area contributed by atoms with Crippen molar-refractivity contribution in [3.8, 4) is 0 Å². The van der Waals surface area contributed by atoms with E-state index >= 15 is 0 Å². The fourth-order valence-corrected chi connectivity index (χ4v) is 3.18. The van der Waals surface area contributed by atoms with Gasteiger partial charge in [0, 0.05) is 6.42 Å². The van der Waals surface area contributed by atoms with Crippen LogP contribution in [0, 0.1) is 0 Å². The van der Waals surface area contributed by atoms with E-state index in [1.165, 1.54) is 10.9 Å². The number of anilines is 1. The molecule has 0 bridgehead atoms. The van der Waals surface area contributed by atoms with Crippen LogP contribution < -0.4 is 5.73 Å². The van der Waals surface area contributed by atoms with Gasteiger partial charge in [0.25, 0.3) is 0 Å². The monoisotopic (exact) mass is 391 g/mol. The fourth-order valence-electron chi connectivity index (χ4n) is 2.96. The highest BCUT2D eigenvalue weighted by molar-refractivity contribution is 6.33. The highest BCUT2D eigenvalue weighted by atomic mass is 35.5. The van der Waals surface area contributed by atoms with Crippen LogP contribution in [-0.4, -0.2) is 44.4 Å². The molecule has 3 aromatic rings. The Labute approximate surface area is 158 Å². The number of alkyl halides is 1. The first-order valence-electron chi connectivity index (χ1n) is 8.20. The highest BCUT2D eigenvalue weighted by Gasteiger charge is 2.38. The van der Waals surface area contributed by atoms with Gasteiger partial charge in [-0.25, -0.2) is 14.2 Å². The van der Waals surface area contributed by atoms with Crippen molar-refractivity contribution in [1.82, 2.24) is 19.5 Å². The lowest BCUT2D eigenvalue weighted by Crippen LogP contribution is -2.19. The first-order chi connectivity index (χ1) is 13.0. The van der Waals surface area contributed by atoms with Gasteiger partial charge in [-0.15, -0.1) is 0 Å². The van der Waals surface area contributed by atoms with Crippen LogP contribution in [0.4, 0.5) is 10.3 Å². The molecule has 2 N–H and O–H groups in total. The molecular weight excluding hydrogens is 377 g/mol. The average Bonchev–Trinajstić information content (AvgIpc) is 3.23. The minimum atomic E-state index is -1.34. The van der Waals surface area contributed by atoms with Crippen molar-refractivity contribution in [3.63, 3.8) is 0 Å². The maximum absolute atomic E-state index is 14.6. The number of halogens is 2. The quantitative estimate of drug-likeness (QED) is 0.538. The van der Waals surface area contributed by atoms with Gasteiger partial charge in [-0.2, -0.15) is 9.97 Å². The molecule has 2 aromatic heterocycles. The molecule has 27 heavy (non-hydrogen) atoms. The van der Waals surface area contributed by atoms with E-state index in [0.29, 0.717) is 11.1 Å². The number of esters is 1. The van der Waals surface area contributed by atoms with Crippen molar-refractivity contribution in [2.45, 2.75) is 24.9 Å². The van der Waals surface area contributed by atoms with Crippen molar-refractivity contribution in [1.29, 1.82) is 0 Å². The van der Waals surface area contributed by atoms with E-state index in [9.17, 15) is 9.18 Å². The zero-order valence-electron chi connectivity index (χ0n) is 14.0. The number of nitrogen functional groups attached to an aromatic ring is 1. The van der Waals surface area contributed by atoms with Crippen LogP contribution in [0.3, 0.4) is 0 Å². The SMILES string of the molecule is Nc1nc(Cl)c2ncn([C@@H]3O[C@H](COC(=O)c4ccccc4)C[C@@H]3F)c2n1. The molecule has 4 rings (SSSR count). The molecule has 1 saturated heterocycles.